The van der Waals surface area contributed by atoms with Crippen molar-refractivity contribution < 1.29 is 15.0 Å². The van der Waals surface area contributed by atoms with Crippen molar-refractivity contribution in [1.29, 1.82) is 0 Å². The number of benzene rings is 1. The minimum Gasteiger partial charge on any atom is -0.506 e. The highest BCUT2D eigenvalue weighted by Crippen LogP contribution is 2.21. The summed E-state index contributed by atoms with van der Waals surface area (Å²) in [6.07, 6.45) is -0.173. The van der Waals surface area contributed by atoms with Crippen LogP contribution in [0, 0.1) is 0 Å². The van der Waals surface area contributed by atoms with Crippen molar-refractivity contribution in [3.63, 3.8) is 0 Å². The van der Waals surface area contributed by atoms with Gasteiger partial charge in [0, 0.05) is 0 Å². The van der Waals surface area contributed by atoms with Crippen LogP contribution in [0.4, 0.5) is 0 Å². The molecule has 72 valence electrons. The molecule has 0 atom stereocenters. The van der Waals surface area contributed by atoms with Crippen LogP contribution >= 0.6 is 0 Å². The number of rotatable bonds is 2. The third kappa shape index (κ3) is 1.39. The topological polar surface area (TPSA) is 86.2 Å². The molecular formula is C9H8N2O3. The Morgan fingerprint density at radius 1 is 1.50 bits per heavy atom. The number of nitrogens with one attached hydrogen (secondary N) is 1. The standard InChI is InChI=1S/C9H8N2O3/c12-6-3-1-2-5-9(6)11-7(10-5)4-8(13)14/h1-3,12H,4H2,(H,10,11)(H,13,14). The van der Waals surface area contributed by atoms with E-state index in [0.29, 0.717) is 16.9 Å². The Bertz CT molecular complexity index is 490. The van der Waals surface area contributed by atoms with Gasteiger partial charge in [-0.25, -0.2) is 4.98 Å². The first-order valence-electron chi connectivity index (χ1n) is 4.05. The second-order valence-corrected chi connectivity index (χ2v) is 2.93. The number of carboxylic acid groups (broad SMARTS) is 1. The van der Waals surface area contributed by atoms with Crippen LogP contribution < -0.4 is 0 Å². The zero-order chi connectivity index (χ0) is 10.1. The Morgan fingerprint density at radius 3 is 2.93 bits per heavy atom. The lowest BCUT2D eigenvalue weighted by Crippen LogP contribution is -2.01. The molecule has 0 amide bonds. The van der Waals surface area contributed by atoms with E-state index < -0.39 is 5.97 Å². The lowest BCUT2D eigenvalue weighted by atomic mass is 10.3. The number of aromatic amines is 1. The van der Waals surface area contributed by atoms with E-state index in [1.807, 2.05) is 0 Å². The van der Waals surface area contributed by atoms with Crippen LogP contribution in [-0.4, -0.2) is 26.2 Å². The first-order chi connectivity index (χ1) is 6.66. The summed E-state index contributed by atoms with van der Waals surface area (Å²) in [4.78, 5) is 17.2. The smallest absolute Gasteiger partial charge is 0.311 e. The molecule has 0 saturated carbocycles. The molecule has 0 spiro atoms. The van der Waals surface area contributed by atoms with Gasteiger partial charge < -0.3 is 15.2 Å². The minimum atomic E-state index is -0.955. The van der Waals surface area contributed by atoms with Crippen molar-refractivity contribution in [1.82, 2.24) is 9.97 Å². The quantitative estimate of drug-likeness (QED) is 0.659. The molecule has 5 nitrogen and oxygen atoms in total. The maximum Gasteiger partial charge on any atom is 0.311 e. The van der Waals surface area contributed by atoms with Gasteiger partial charge in [0.05, 0.1) is 5.52 Å². The van der Waals surface area contributed by atoms with E-state index in [1.165, 1.54) is 6.07 Å². The molecule has 14 heavy (non-hydrogen) atoms. The number of nitrogens with zero attached hydrogens (tertiary/aromatic N) is 1. The van der Waals surface area contributed by atoms with Crippen molar-refractivity contribution in [3.05, 3.63) is 24.0 Å². The zero-order valence-electron chi connectivity index (χ0n) is 7.19. The average molecular weight is 192 g/mol. The molecule has 0 fully saturated rings. The highest BCUT2D eigenvalue weighted by molar-refractivity contribution is 5.82. The summed E-state index contributed by atoms with van der Waals surface area (Å²) >= 11 is 0. The molecule has 0 aliphatic carbocycles. The number of hydrogen-bond donors (Lipinski definition) is 3. The lowest BCUT2D eigenvalue weighted by molar-refractivity contribution is -0.136. The van der Waals surface area contributed by atoms with E-state index in [-0.39, 0.29) is 12.2 Å². The SMILES string of the molecule is O=C(O)Cc1nc2c(O)cccc2[nH]1. The largest absolute Gasteiger partial charge is 0.506 e. The van der Waals surface area contributed by atoms with Crippen LogP contribution in [0.25, 0.3) is 11.0 Å². The fourth-order valence-electron chi connectivity index (χ4n) is 1.30. The van der Waals surface area contributed by atoms with Crippen molar-refractivity contribution in [3.8, 4) is 5.75 Å². The van der Waals surface area contributed by atoms with Crippen LogP contribution in [0.15, 0.2) is 18.2 Å². The highest BCUT2D eigenvalue weighted by Gasteiger charge is 2.08. The van der Waals surface area contributed by atoms with Crippen LogP contribution in [0.2, 0.25) is 0 Å². The third-order valence-corrected chi connectivity index (χ3v) is 1.86. The fraction of sp³-hybridized carbons (Fsp3) is 0.111. The number of fused-ring (bicyclic) bond motifs is 1. The van der Waals surface area contributed by atoms with Gasteiger partial charge in [0.15, 0.2) is 0 Å². The van der Waals surface area contributed by atoms with Crippen molar-refractivity contribution >= 4 is 17.0 Å². The minimum absolute atomic E-state index is 0.0513. The summed E-state index contributed by atoms with van der Waals surface area (Å²) in [5.74, 6) is -0.562. The van der Waals surface area contributed by atoms with Crippen molar-refractivity contribution in [2.45, 2.75) is 6.42 Å². The number of aromatic nitrogens is 2. The van der Waals surface area contributed by atoms with Gasteiger partial charge in [0.25, 0.3) is 0 Å². The molecule has 0 aliphatic rings. The summed E-state index contributed by atoms with van der Waals surface area (Å²) in [6, 6.07) is 4.90. The molecule has 2 rings (SSSR count). The van der Waals surface area contributed by atoms with Gasteiger partial charge >= 0.3 is 5.97 Å². The number of hydrogen-bond acceptors (Lipinski definition) is 3. The lowest BCUT2D eigenvalue weighted by Gasteiger charge is -1.89. The fourth-order valence-corrected chi connectivity index (χ4v) is 1.30. The maximum atomic E-state index is 10.4. The average Bonchev–Trinajstić information content (AvgIpc) is 2.47. The molecule has 0 aliphatic heterocycles. The van der Waals surface area contributed by atoms with E-state index in [0.717, 1.165) is 0 Å². The number of phenols is 1. The number of carbonyl (C=O) groups is 1. The van der Waals surface area contributed by atoms with Gasteiger partial charge in [-0.2, -0.15) is 0 Å². The Kier molecular flexibility index (Phi) is 1.85. The van der Waals surface area contributed by atoms with Gasteiger partial charge in [-0.05, 0) is 12.1 Å². The number of aromatic hydroxyl groups is 1. The Labute approximate surface area is 79.0 Å². The zero-order valence-corrected chi connectivity index (χ0v) is 7.19. The molecule has 0 unspecified atom stereocenters. The first-order valence-corrected chi connectivity index (χ1v) is 4.05. The Balaban J connectivity index is 2.51. The molecule has 0 radical (unpaired) electrons. The van der Waals surface area contributed by atoms with Gasteiger partial charge in [-0.1, -0.05) is 6.07 Å². The normalized spacial score (nSPS) is 10.6. The second-order valence-electron chi connectivity index (χ2n) is 2.93. The van der Waals surface area contributed by atoms with E-state index >= 15 is 0 Å². The summed E-state index contributed by atoms with van der Waals surface area (Å²) < 4.78 is 0. The molecule has 5 heteroatoms. The summed E-state index contributed by atoms with van der Waals surface area (Å²) in [6.45, 7) is 0. The maximum absolute atomic E-state index is 10.4. The van der Waals surface area contributed by atoms with E-state index in [1.54, 1.807) is 12.1 Å². The van der Waals surface area contributed by atoms with E-state index in [4.69, 9.17) is 5.11 Å². The molecule has 3 N–H and O–H groups in total. The molecular weight excluding hydrogens is 184 g/mol. The van der Waals surface area contributed by atoms with Crippen LogP contribution in [0.1, 0.15) is 5.82 Å². The van der Waals surface area contributed by atoms with Crippen molar-refractivity contribution in [2.75, 3.05) is 0 Å². The van der Waals surface area contributed by atoms with Crippen LogP contribution in [0.3, 0.4) is 0 Å². The molecule has 1 aromatic carbocycles. The number of para-hydroxylation sites is 1. The van der Waals surface area contributed by atoms with Crippen molar-refractivity contribution in [2.24, 2.45) is 0 Å². The van der Waals surface area contributed by atoms with Gasteiger partial charge in [-0.3, -0.25) is 4.79 Å². The summed E-state index contributed by atoms with van der Waals surface area (Å²) in [5.41, 5.74) is 1.05. The number of phenolic OH excluding ortho intramolecular Hbond substituents is 1. The summed E-state index contributed by atoms with van der Waals surface area (Å²) in [7, 11) is 0. The van der Waals surface area contributed by atoms with E-state index in [9.17, 15) is 9.90 Å². The van der Waals surface area contributed by atoms with Crippen LogP contribution in [0.5, 0.6) is 5.75 Å². The molecule has 2 aromatic rings. The Hall–Kier alpha value is -2.04. The predicted octanol–water partition coefficient (Wildman–Crippen LogP) is 0.896. The second kappa shape index (κ2) is 3.02. The van der Waals surface area contributed by atoms with Gasteiger partial charge in [0.1, 0.15) is 23.5 Å². The number of aliphatic carboxylic acids is 1. The Morgan fingerprint density at radius 2 is 2.29 bits per heavy atom. The monoisotopic (exact) mass is 192 g/mol. The van der Waals surface area contributed by atoms with E-state index in [2.05, 4.69) is 9.97 Å². The molecule has 1 heterocycles. The number of imidazole rings is 1. The van der Waals surface area contributed by atoms with Crippen LogP contribution in [-0.2, 0) is 11.2 Å². The van der Waals surface area contributed by atoms with Gasteiger partial charge in [-0.15, -0.1) is 0 Å². The number of carboxylic acids is 1. The summed E-state index contributed by atoms with van der Waals surface area (Å²) in [5, 5.41) is 17.9. The highest BCUT2D eigenvalue weighted by atomic mass is 16.4. The molecule has 1 aromatic heterocycles. The van der Waals surface area contributed by atoms with Gasteiger partial charge in [0.2, 0.25) is 0 Å². The molecule has 0 bridgehead atoms. The number of H-pyrrole nitrogens is 1. The predicted molar refractivity (Wildman–Crippen MR) is 49.1 cm³/mol. The third-order valence-electron chi connectivity index (χ3n) is 1.86. The first kappa shape index (κ1) is 8.55. The molecule has 0 saturated heterocycles.